The third-order valence-electron chi connectivity index (χ3n) is 3.45. The first-order chi connectivity index (χ1) is 11.0. The van der Waals surface area contributed by atoms with E-state index in [0.717, 1.165) is 18.5 Å². The lowest BCUT2D eigenvalue weighted by atomic mass is 10.1. The number of amides is 1. The van der Waals surface area contributed by atoms with Crippen LogP contribution in [0.25, 0.3) is 11.4 Å². The van der Waals surface area contributed by atoms with Gasteiger partial charge in [-0.3, -0.25) is 4.79 Å². The van der Waals surface area contributed by atoms with Gasteiger partial charge in [0.05, 0.1) is 0 Å². The van der Waals surface area contributed by atoms with Gasteiger partial charge < -0.3 is 14.7 Å². The summed E-state index contributed by atoms with van der Waals surface area (Å²) in [5.74, 6) is 1.06. The number of hydrogen-bond donors (Lipinski definition) is 1. The van der Waals surface area contributed by atoms with Crippen LogP contribution in [-0.4, -0.2) is 48.1 Å². The fourth-order valence-corrected chi connectivity index (χ4v) is 2.11. The number of rotatable bonds is 8. The number of hydrogen-bond acceptors (Lipinski definition) is 5. The van der Waals surface area contributed by atoms with Gasteiger partial charge in [-0.2, -0.15) is 4.98 Å². The van der Waals surface area contributed by atoms with Crippen molar-refractivity contribution in [1.82, 2.24) is 20.4 Å². The molecule has 6 nitrogen and oxygen atoms in total. The summed E-state index contributed by atoms with van der Waals surface area (Å²) in [6.45, 7) is 3.68. The molecule has 1 heterocycles. The van der Waals surface area contributed by atoms with Crippen molar-refractivity contribution in [3.8, 4) is 11.4 Å². The number of carbonyl (C=O) groups excluding carboxylic acids is 1. The van der Waals surface area contributed by atoms with Gasteiger partial charge in [-0.15, -0.1) is 0 Å². The highest BCUT2D eigenvalue weighted by molar-refractivity contribution is 5.75. The van der Waals surface area contributed by atoms with Gasteiger partial charge in [-0.25, -0.2) is 0 Å². The monoisotopic (exact) mass is 316 g/mol. The summed E-state index contributed by atoms with van der Waals surface area (Å²) < 4.78 is 5.21. The summed E-state index contributed by atoms with van der Waals surface area (Å²) in [6.07, 6.45) is 1.76. The van der Waals surface area contributed by atoms with E-state index in [1.54, 1.807) is 0 Å². The predicted octanol–water partition coefficient (Wildman–Crippen LogP) is 2.05. The van der Waals surface area contributed by atoms with Crippen LogP contribution < -0.4 is 5.32 Å². The molecule has 0 aliphatic heterocycles. The third kappa shape index (κ3) is 5.83. The Balaban J connectivity index is 1.76. The Bertz CT molecular complexity index is 620. The zero-order valence-electron chi connectivity index (χ0n) is 14.0. The standard InChI is InChI=1S/C17H24N4O2/c1-13-5-7-14(8-6-13)17-19-16(23-20-17)10-9-15(22)18-11-4-12-21(2)3/h5-8H,4,9-12H2,1-3H3,(H,18,22). The van der Waals surface area contributed by atoms with E-state index in [4.69, 9.17) is 4.52 Å². The lowest BCUT2D eigenvalue weighted by molar-refractivity contribution is -0.121. The van der Waals surface area contributed by atoms with E-state index in [0.29, 0.717) is 31.1 Å². The van der Waals surface area contributed by atoms with Gasteiger partial charge in [-0.05, 0) is 34.0 Å². The quantitative estimate of drug-likeness (QED) is 0.755. The van der Waals surface area contributed by atoms with E-state index < -0.39 is 0 Å². The fourth-order valence-electron chi connectivity index (χ4n) is 2.11. The second-order valence-corrected chi connectivity index (χ2v) is 5.88. The second-order valence-electron chi connectivity index (χ2n) is 5.88. The van der Waals surface area contributed by atoms with Crippen molar-refractivity contribution in [3.63, 3.8) is 0 Å². The maximum absolute atomic E-state index is 11.8. The Morgan fingerprint density at radius 1 is 1.26 bits per heavy atom. The molecule has 1 aromatic carbocycles. The largest absolute Gasteiger partial charge is 0.356 e. The first-order valence-electron chi connectivity index (χ1n) is 7.85. The van der Waals surface area contributed by atoms with Gasteiger partial charge in [0.1, 0.15) is 0 Å². The Hall–Kier alpha value is -2.21. The van der Waals surface area contributed by atoms with Crippen molar-refractivity contribution in [2.75, 3.05) is 27.2 Å². The van der Waals surface area contributed by atoms with Crippen LogP contribution in [0.5, 0.6) is 0 Å². The third-order valence-corrected chi connectivity index (χ3v) is 3.45. The van der Waals surface area contributed by atoms with Crippen LogP contribution >= 0.6 is 0 Å². The zero-order valence-corrected chi connectivity index (χ0v) is 14.0. The molecule has 1 amide bonds. The first-order valence-corrected chi connectivity index (χ1v) is 7.85. The molecule has 0 radical (unpaired) electrons. The molecule has 0 unspecified atom stereocenters. The maximum atomic E-state index is 11.8. The molecule has 0 aliphatic carbocycles. The van der Waals surface area contributed by atoms with Crippen molar-refractivity contribution in [3.05, 3.63) is 35.7 Å². The van der Waals surface area contributed by atoms with Crippen molar-refractivity contribution < 1.29 is 9.32 Å². The molecule has 23 heavy (non-hydrogen) atoms. The molecule has 0 saturated heterocycles. The van der Waals surface area contributed by atoms with E-state index in [1.165, 1.54) is 5.56 Å². The highest BCUT2D eigenvalue weighted by atomic mass is 16.5. The summed E-state index contributed by atoms with van der Waals surface area (Å²) in [7, 11) is 4.03. The molecule has 0 atom stereocenters. The molecular formula is C17H24N4O2. The van der Waals surface area contributed by atoms with E-state index in [-0.39, 0.29) is 5.91 Å². The van der Waals surface area contributed by atoms with Gasteiger partial charge >= 0.3 is 0 Å². The summed E-state index contributed by atoms with van der Waals surface area (Å²) in [4.78, 5) is 18.2. The minimum atomic E-state index is 0.0128. The Morgan fingerprint density at radius 2 is 2.00 bits per heavy atom. The molecule has 0 spiro atoms. The molecule has 124 valence electrons. The molecule has 0 saturated carbocycles. The number of carbonyl (C=O) groups is 1. The summed E-state index contributed by atoms with van der Waals surface area (Å²) in [5.41, 5.74) is 2.10. The highest BCUT2D eigenvalue weighted by Gasteiger charge is 2.10. The highest BCUT2D eigenvalue weighted by Crippen LogP contribution is 2.16. The van der Waals surface area contributed by atoms with Crippen LogP contribution in [0.4, 0.5) is 0 Å². The number of benzene rings is 1. The molecule has 0 aliphatic rings. The van der Waals surface area contributed by atoms with Crippen molar-refractivity contribution in [2.45, 2.75) is 26.2 Å². The molecular weight excluding hydrogens is 292 g/mol. The smallest absolute Gasteiger partial charge is 0.227 e. The summed E-state index contributed by atoms with van der Waals surface area (Å²) in [6, 6.07) is 7.93. The van der Waals surface area contributed by atoms with E-state index >= 15 is 0 Å². The molecule has 0 bridgehead atoms. The van der Waals surface area contributed by atoms with Crippen LogP contribution in [0, 0.1) is 6.92 Å². The van der Waals surface area contributed by atoms with Gasteiger partial charge in [0.2, 0.25) is 17.6 Å². The lowest BCUT2D eigenvalue weighted by Crippen LogP contribution is -2.27. The minimum Gasteiger partial charge on any atom is -0.356 e. The SMILES string of the molecule is Cc1ccc(-c2noc(CCC(=O)NCCCN(C)C)n2)cc1. The number of nitrogens with one attached hydrogen (secondary N) is 1. The van der Waals surface area contributed by atoms with E-state index in [9.17, 15) is 4.79 Å². The zero-order chi connectivity index (χ0) is 16.7. The molecule has 2 rings (SSSR count). The van der Waals surface area contributed by atoms with Crippen LogP contribution in [0.2, 0.25) is 0 Å². The van der Waals surface area contributed by atoms with Gasteiger partial charge in [-0.1, -0.05) is 35.0 Å². The lowest BCUT2D eigenvalue weighted by Gasteiger charge is -2.09. The number of aromatic nitrogens is 2. The predicted molar refractivity (Wildman–Crippen MR) is 89.0 cm³/mol. The van der Waals surface area contributed by atoms with Crippen LogP contribution in [0.3, 0.4) is 0 Å². The molecule has 1 aromatic heterocycles. The van der Waals surface area contributed by atoms with Gasteiger partial charge in [0, 0.05) is 24.9 Å². The first kappa shape index (κ1) is 17.1. The van der Waals surface area contributed by atoms with Crippen molar-refractivity contribution >= 4 is 5.91 Å². The van der Waals surface area contributed by atoms with E-state index in [1.807, 2.05) is 45.3 Å². The van der Waals surface area contributed by atoms with Gasteiger partial charge in [0.25, 0.3) is 0 Å². The summed E-state index contributed by atoms with van der Waals surface area (Å²) in [5, 5.41) is 6.86. The molecule has 0 fully saturated rings. The summed E-state index contributed by atoms with van der Waals surface area (Å²) >= 11 is 0. The van der Waals surface area contributed by atoms with E-state index in [2.05, 4.69) is 20.4 Å². The van der Waals surface area contributed by atoms with Crippen molar-refractivity contribution in [2.24, 2.45) is 0 Å². The van der Waals surface area contributed by atoms with Crippen LogP contribution in [0.15, 0.2) is 28.8 Å². The molecule has 6 heteroatoms. The average molecular weight is 316 g/mol. The van der Waals surface area contributed by atoms with Crippen molar-refractivity contribution in [1.29, 1.82) is 0 Å². The molecule has 2 aromatic rings. The average Bonchev–Trinajstić information content (AvgIpc) is 2.99. The number of aryl methyl sites for hydroxylation is 2. The van der Waals surface area contributed by atoms with Crippen LogP contribution in [0.1, 0.15) is 24.3 Å². The Kier molecular flexibility index (Phi) is 6.29. The second kappa shape index (κ2) is 8.43. The molecule has 1 N–H and O–H groups in total. The minimum absolute atomic E-state index is 0.0128. The normalized spacial score (nSPS) is 11.0. The Labute approximate surface area is 136 Å². The topological polar surface area (TPSA) is 71.3 Å². The maximum Gasteiger partial charge on any atom is 0.227 e. The Morgan fingerprint density at radius 3 is 2.70 bits per heavy atom. The van der Waals surface area contributed by atoms with Crippen LogP contribution in [-0.2, 0) is 11.2 Å². The fraction of sp³-hybridized carbons (Fsp3) is 0.471. The number of nitrogens with zero attached hydrogens (tertiary/aromatic N) is 3. The van der Waals surface area contributed by atoms with Gasteiger partial charge in [0.15, 0.2) is 0 Å².